The van der Waals surface area contributed by atoms with Crippen molar-refractivity contribution in [3.8, 4) is 0 Å². The Bertz CT molecular complexity index is 1530. The molecular weight excluding hydrogens is 541 g/mol. The van der Waals surface area contributed by atoms with E-state index in [9.17, 15) is 31.5 Å². The first-order valence-corrected chi connectivity index (χ1v) is 13.9. The lowest BCUT2D eigenvalue weighted by Gasteiger charge is -2.63. The number of benzene rings is 2. The molecular formula is C27H24ClF3N2O4S. The summed E-state index contributed by atoms with van der Waals surface area (Å²) in [4.78, 5) is 16.6. The quantitative estimate of drug-likeness (QED) is 0.404. The molecule has 1 heterocycles. The summed E-state index contributed by atoms with van der Waals surface area (Å²) in [5.74, 6) is -5.97. The molecule has 0 aliphatic heterocycles. The SMILES string of the molecule is Cc1cnccc1C1(O)C2CC(S(=O)(=O)c3cc(C(=O)Nc4cc(F)c(F)c(F)c4)ccc3Cl)CC1C2C. The third-order valence-corrected chi connectivity index (χ3v) is 10.7. The number of rotatable bonds is 5. The largest absolute Gasteiger partial charge is 0.385 e. The van der Waals surface area contributed by atoms with Gasteiger partial charge in [-0.25, -0.2) is 21.6 Å². The van der Waals surface area contributed by atoms with Crippen LogP contribution in [0.25, 0.3) is 0 Å². The molecule has 200 valence electrons. The van der Waals surface area contributed by atoms with Gasteiger partial charge in [0.15, 0.2) is 27.3 Å². The fourth-order valence-electron chi connectivity index (χ4n) is 6.14. The van der Waals surface area contributed by atoms with E-state index < -0.39 is 44.0 Å². The van der Waals surface area contributed by atoms with Crippen molar-refractivity contribution in [3.63, 3.8) is 0 Å². The summed E-state index contributed by atoms with van der Waals surface area (Å²) < 4.78 is 67.7. The molecule has 3 aliphatic carbocycles. The van der Waals surface area contributed by atoms with Crippen LogP contribution in [0.4, 0.5) is 18.9 Å². The van der Waals surface area contributed by atoms with E-state index in [4.69, 9.17) is 11.6 Å². The van der Waals surface area contributed by atoms with E-state index in [0.29, 0.717) is 12.1 Å². The second-order valence-electron chi connectivity index (χ2n) is 10.1. The molecule has 2 atom stereocenters. The van der Waals surface area contributed by atoms with Crippen LogP contribution < -0.4 is 5.32 Å². The highest BCUT2D eigenvalue weighted by Gasteiger charge is 2.65. The highest BCUT2D eigenvalue weighted by molar-refractivity contribution is 7.92. The van der Waals surface area contributed by atoms with Gasteiger partial charge in [-0.05, 0) is 72.9 Å². The van der Waals surface area contributed by atoms with Gasteiger partial charge < -0.3 is 10.4 Å². The molecule has 3 aromatic rings. The predicted molar refractivity (Wildman–Crippen MR) is 135 cm³/mol. The highest BCUT2D eigenvalue weighted by Crippen LogP contribution is 2.64. The molecule has 6 rings (SSSR count). The molecule has 38 heavy (non-hydrogen) atoms. The van der Waals surface area contributed by atoms with Crippen molar-refractivity contribution in [2.75, 3.05) is 5.32 Å². The summed E-state index contributed by atoms with van der Waals surface area (Å²) in [6, 6.07) is 6.66. The number of hydrogen-bond acceptors (Lipinski definition) is 5. The standard InChI is InChI=1S/C27H24ClF3N2O4S/c1-13-12-32-6-5-18(13)27(35)19-10-17(11-20(27)14(19)2)38(36,37)24-7-15(3-4-21(24)28)26(34)33-16-8-22(29)25(31)23(30)9-16/h3-9,12,14,17,19-20,35H,10-11H2,1-2H3,(H,33,34). The number of hydrogen-bond donors (Lipinski definition) is 2. The number of anilines is 1. The molecule has 2 unspecified atom stereocenters. The number of fused-ring (bicyclic) bond motifs is 2. The normalized spacial score (nSPS) is 26.5. The zero-order valence-electron chi connectivity index (χ0n) is 20.4. The average Bonchev–Trinajstić information content (AvgIpc) is 2.88. The first kappa shape index (κ1) is 26.6. The van der Waals surface area contributed by atoms with Crippen LogP contribution in [0.3, 0.4) is 0 Å². The highest BCUT2D eigenvalue weighted by atomic mass is 35.5. The van der Waals surface area contributed by atoms with Gasteiger partial charge in [0.1, 0.15) is 0 Å². The third-order valence-electron chi connectivity index (χ3n) is 8.07. The maximum Gasteiger partial charge on any atom is 0.255 e. The molecule has 1 aromatic heterocycles. The molecule has 3 saturated carbocycles. The number of aryl methyl sites for hydroxylation is 1. The fraction of sp³-hybridized carbons (Fsp3) is 0.333. The summed E-state index contributed by atoms with van der Waals surface area (Å²) >= 11 is 6.26. The van der Waals surface area contributed by atoms with E-state index in [1.54, 1.807) is 18.5 Å². The van der Waals surface area contributed by atoms with Gasteiger partial charge in [0, 0.05) is 35.8 Å². The second-order valence-corrected chi connectivity index (χ2v) is 12.7. The number of halogens is 4. The first-order chi connectivity index (χ1) is 17.9. The summed E-state index contributed by atoms with van der Waals surface area (Å²) in [6.07, 6.45) is 3.70. The minimum atomic E-state index is -4.01. The number of nitrogens with one attached hydrogen (secondary N) is 1. The lowest BCUT2D eigenvalue weighted by molar-refractivity contribution is -0.225. The van der Waals surface area contributed by atoms with Crippen LogP contribution in [-0.4, -0.2) is 29.7 Å². The molecule has 2 bridgehead atoms. The number of carbonyl (C=O) groups excluding carboxylic acids is 1. The molecule has 2 aromatic carbocycles. The number of aromatic nitrogens is 1. The van der Waals surface area contributed by atoms with Crippen molar-refractivity contribution in [3.05, 3.63) is 88.0 Å². The number of aliphatic hydroxyl groups is 1. The predicted octanol–water partition coefficient (Wildman–Crippen LogP) is 5.42. The molecule has 3 aliphatic rings. The number of carbonyl (C=O) groups is 1. The van der Waals surface area contributed by atoms with Gasteiger partial charge in [0.05, 0.1) is 20.8 Å². The Morgan fingerprint density at radius 2 is 1.74 bits per heavy atom. The topological polar surface area (TPSA) is 96.4 Å². The number of nitrogens with zero attached hydrogens (tertiary/aromatic N) is 1. The molecule has 6 nitrogen and oxygen atoms in total. The van der Waals surface area contributed by atoms with Gasteiger partial charge in [-0.1, -0.05) is 18.5 Å². The van der Waals surface area contributed by atoms with Crippen molar-refractivity contribution in [2.24, 2.45) is 17.8 Å². The summed E-state index contributed by atoms with van der Waals surface area (Å²) in [5.41, 5.74) is -0.0131. The minimum absolute atomic E-state index is 0.0760. The van der Waals surface area contributed by atoms with Gasteiger partial charge in [-0.15, -0.1) is 0 Å². The van der Waals surface area contributed by atoms with Crippen molar-refractivity contribution in [1.82, 2.24) is 4.98 Å². The Kier molecular flexibility index (Phi) is 6.56. The first-order valence-electron chi connectivity index (χ1n) is 12.0. The Morgan fingerprint density at radius 3 is 2.34 bits per heavy atom. The molecule has 0 radical (unpaired) electrons. The van der Waals surface area contributed by atoms with Gasteiger partial charge in [0.2, 0.25) is 0 Å². The molecule has 0 spiro atoms. The summed E-state index contributed by atoms with van der Waals surface area (Å²) in [6.45, 7) is 3.86. The Hall–Kier alpha value is -2.95. The van der Waals surface area contributed by atoms with Crippen molar-refractivity contribution in [1.29, 1.82) is 0 Å². The maximum absolute atomic E-state index is 13.7. The van der Waals surface area contributed by atoms with Crippen LogP contribution >= 0.6 is 11.6 Å². The zero-order valence-corrected chi connectivity index (χ0v) is 22.0. The fourth-order valence-corrected chi connectivity index (χ4v) is 8.49. The molecule has 0 saturated heterocycles. The van der Waals surface area contributed by atoms with Crippen LogP contribution in [0.15, 0.2) is 53.7 Å². The Balaban J connectivity index is 1.41. The lowest BCUT2D eigenvalue weighted by Crippen LogP contribution is -2.65. The van der Waals surface area contributed by atoms with E-state index in [0.717, 1.165) is 17.2 Å². The monoisotopic (exact) mass is 564 g/mol. The average molecular weight is 565 g/mol. The van der Waals surface area contributed by atoms with Crippen molar-refractivity contribution in [2.45, 2.75) is 42.4 Å². The van der Waals surface area contributed by atoms with Crippen LogP contribution in [0.5, 0.6) is 0 Å². The van der Waals surface area contributed by atoms with Crippen molar-refractivity contribution >= 4 is 33.0 Å². The van der Waals surface area contributed by atoms with E-state index in [2.05, 4.69) is 10.3 Å². The minimum Gasteiger partial charge on any atom is -0.385 e. The lowest BCUT2D eigenvalue weighted by atomic mass is 9.46. The van der Waals surface area contributed by atoms with Crippen LogP contribution in [0, 0.1) is 42.1 Å². The zero-order chi connectivity index (χ0) is 27.6. The maximum atomic E-state index is 13.7. The molecule has 11 heteroatoms. The van der Waals surface area contributed by atoms with Crippen LogP contribution in [-0.2, 0) is 15.4 Å². The smallest absolute Gasteiger partial charge is 0.255 e. The van der Waals surface area contributed by atoms with Gasteiger partial charge in [0.25, 0.3) is 5.91 Å². The van der Waals surface area contributed by atoms with E-state index in [1.807, 2.05) is 13.8 Å². The Morgan fingerprint density at radius 1 is 1.11 bits per heavy atom. The molecule has 3 fully saturated rings. The van der Waals surface area contributed by atoms with Crippen LogP contribution in [0.1, 0.15) is 41.3 Å². The number of sulfone groups is 1. The Labute approximate surface area is 222 Å². The second kappa shape index (κ2) is 9.36. The van der Waals surface area contributed by atoms with Crippen molar-refractivity contribution < 1.29 is 31.5 Å². The van der Waals surface area contributed by atoms with E-state index in [1.165, 1.54) is 12.1 Å². The van der Waals surface area contributed by atoms with E-state index in [-0.39, 0.29) is 51.8 Å². The van der Waals surface area contributed by atoms with Crippen LogP contribution in [0.2, 0.25) is 5.02 Å². The summed E-state index contributed by atoms with van der Waals surface area (Å²) in [5, 5.41) is 13.0. The number of pyridine rings is 1. The van der Waals surface area contributed by atoms with E-state index >= 15 is 0 Å². The van der Waals surface area contributed by atoms with Gasteiger partial charge >= 0.3 is 0 Å². The molecule has 2 N–H and O–H groups in total. The number of amides is 1. The van der Waals surface area contributed by atoms with Gasteiger partial charge in [-0.2, -0.15) is 0 Å². The third kappa shape index (κ3) is 4.10. The molecule has 1 amide bonds. The summed E-state index contributed by atoms with van der Waals surface area (Å²) in [7, 11) is -4.01. The van der Waals surface area contributed by atoms with Gasteiger partial charge in [-0.3, -0.25) is 9.78 Å².